The first-order valence-electron chi connectivity index (χ1n) is 7.22. The Labute approximate surface area is 135 Å². The number of aromatic nitrogens is 3. The van der Waals surface area contributed by atoms with Gasteiger partial charge < -0.3 is 10.4 Å². The predicted octanol–water partition coefficient (Wildman–Crippen LogP) is 3.52. The lowest BCUT2D eigenvalue weighted by Gasteiger charge is -2.32. The number of hydrogen-bond acceptors (Lipinski definition) is 3. The van der Waals surface area contributed by atoms with E-state index in [4.69, 9.17) is 16.7 Å². The summed E-state index contributed by atoms with van der Waals surface area (Å²) in [5.74, 6) is -2.90. The van der Waals surface area contributed by atoms with Gasteiger partial charge in [-0.25, -0.2) is 23.1 Å². The van der Waals surface area contributed by atoms with Gasteiger partial charge in [0.05, 0.1) is 29.2 Å². The molecule has 1 aliphatic rings. The highest BCUT2D eigenvalue weighted by Crippen LogP contribution is 2.41. The zero-order valence-corrected chi connectivity index (χ0v) is 12.8. The summed E-state index contributed by atoms with van der Waals surface area (Å²) in [4.78, 5) is 15.4. The lowest BCUT2D eigenvalue weighted by molar-refractivity contribution is -0.0495. The van der Waals surface area contributed by atoms with E-state index in [2.05, 4.69) is 15.4 Å². The van der Waals surface area contributed by atoms with Gasteiger partial charge in [-0.3, -0.25) is 0 Å². The van der Waals surface area contributed by atoms with Gasteiger partial charge in [-0.15, -0.1) is 0 Å². The fourth-order valence-electron chi connectivity index (χ4n) is 2.98. The van der Waals surface area contributed by atoms with Gasteiger partial charge in [0, 0.05) is 18.9 Å². The third-order valence-electron chi connectivity index (χ3n) is 4.14. The second-order valence-electron chi connectivity index (χ2n) is 5.76. The Bertz CT molecular complexity index is 727. The number of rotatable bonds is 3. The van der Waals surface area contributed by atoms with Gasteiger partial charge in [0.1, 0.15) is 0 Å². The molecule has 0 aliphatic heterocycles. The van der Waals surface area contributed by atoms with Crippen LogP contribution in [0.5, 0.6) is 0 Å². The van der Waals surface area contributed by atoms with Crippen LogP contribution in [-0.2, 0) is 0 Å². The number of nitrogens with zero attached hydrogens (tertiary/aromatic N) is 3. The summed E-state index contributed by atoms with van der Waals surface area (Å²) in [6, 6.07) is 0.953. The maximum absolute atomic E-state index is 13.3. The van der Waals surface area contributed by atoms with Crippen LogP contribution < -0.4 is 5.32 Å². The summed E-state index contributed by atoms with van der Waals surface area (Å²) in [5, 5.41) is 15.9. The summed E-state index contributed by atoms with van der Waals surface area (Å²) in [6.45, 7) is 0. The lowest BCUT2D eigenvalue weighted by Crippen LogP contribution is -2.36. The zero-order chi connectivity index (χ0) is 16.6. The molecule has 0 spiro atoms. The smallest absolute Gasteiger partial charge is 0.405 e. The molecule has 0 saturated heterocycles. The van der Waals surface area contributed by atoms with Crippen LogP contribution in [0.4, 0.5) is 13.6 Å². The van der Waals surface area contributed by atoms with Gasteiger partial charge in [0.2, 0.25) is 5.92 Å². The Morgan fingerprint density at radius 3 is 2.83 bits per heavy atom. The number of imidazole rings is 1. The summed E-state index contributed by atoms with van der Waals surface area (Å²) in [6.07, 6.45) is 1.81. The fraction of sp³-hybridized carbons (Fsp3) is 0.500. The molecule has 2 aromatic rings. The first kappa shape index (κ1) is 15.9. The fourth-order valence-corrected chi connectivity index (χ4v) is 3.13. The maximum Gasteiger partial charge on any atom is 0.405 e. The monoisotopic (exact) mass is 344 g/mol. The highest BCUT2D eigenvalue weighted by atomic mass is 35.5. The van der Waals surface area contributed by atoms with Crippen LogP contribution in [0, 0.1) is 5.92 Å². The van der Waals surface area contributed by atoms with Crippen LogP contribution in [-0.4, -0.2) is 31.7 Å². The first-order chi connectivity index (χ1) is 10.8. The normalized spacial score (nSPS) is 19.6. The molecule has 6 nitrogen and oxygen atoms in total. The highest BCUT2D eigenvalue weighted by molar-refractivity contribution is 6.30. The van der Waals surface area contributed by atoms with Gasteiger partial charge in [-0.05, 0) is 18.8 Å². The van der Waals surface area contributed by atoms with E-state index >= 15 is 0 Å². The van der Waals surface area contributed by atoms with Crippen molar-refractivity contribution >= 4 is 23.3 Å². The molecule has 2 heterocycles. The third-order valence-corrected chi connectivity index (χ3v) is 4.34. The van der Waals surface area contributed by atoms with E-state index in [1.165, 1.54) is 10.7 Å². The number of alkyl halides is 2. The molecule has 1 fully saturated rings. The van der Waals surface area contributed by atoms with Crippen LogP contribution in [0.25, 0.3) is 5.65 Å². The summed E-state index contributed by atoms with van der Waals surface area (Å²) in [7, 11) is 0. The first-order valence-corrected chi connectivity index (χ1v) is 7.60. The average molecular weight is 345 g/mol. The minimum absolute atomic E-state index is 0.230. The summed E-state index contributed by atoms with van der Waals surface area (Å²) >= 11 is 5.86. The molecule has 0 radical (unpaired) electrons. The number of amides is 1. The zero-order valence-electron chi connectivity index (χ0n) is 12.0. The van der Waals surface area contributed by atoms with Crippen molar-refractivity contribution in [3.8, 4) is 0 Å². The Morgan fingerprint density at radius 1 is 1.48 bits per heavy atom. The van der Waals surface area contributed by atoms with E-state index in [-0.39, 0.29) is 31.6 Å². The number of hydrogen-bond donors (Lipinski definition) is 2. The van der Waals surface area contributed by atoms with Crippen LogP contribution in [0.15, 0.2) is 18.5 Å². The van der Waals surface area contributed by atoms with Crippen molar-refractivity contribution in [2.45, 2.75) is 37.6 Å². The molecular formula is C14H15ClF2N4O2. The van der Waals surface area contributed by atoms with Crippen LogP contribution >= 0.6 is 11.6 Å². The molecule has 2 N–H and O–H groups in total. The SMILES string of the molecule is O=C(O)N[C@H](c1cn2ncc(Cl)cc2n1)C1CCC(F)(F)CC1. The van der Waals surface area contributed by atoms with E-state index in [0.717, 1.165) is 0 Å². The predicted molar refractivity (Wildman–Crippen MR) is 78.8 cm³/mol. The van der Waals surface area contributed by atoms with Gasteiger partial charge >= 0.3 is 6.09 Å². The van der Waals surface area contributed by atoms with E-state index in [0.29, 0.717) is 16.4 Å². The van der Waals surface area contributed by atoms with E-state index < -0.39 is 18.1 Å². The van der Waals surface area contributed by atoms with Gasteiger partial charge in [0.15, 0.2) is 5.65 Å². The van der Waals surface area contributed by atoms with Crippen molar-refractivity contribution in [3.05, 3.63) is 29.2 Å². The second-order valence-corrected chi connectivity index (χ2v) is 6.20. The summed E-state index contributed by atoms with van der Waals surface area (Å²) < 4.78 is 28.2. The van der Waals surface area contributed by atoms with Gasteiger partial charge in [-0.1, -0.05) is 11.6 Å². The minimum atomic E-state index is -2.67. The molecule has 2 aromatic heterocycles. The molecule has 0 unspecified atom stereocenters. The van der Waals surface area contributed by atoms with Crippen molar-refractivity contribution in [2.24, 2.45) is 5.92 Å². The number of fused-ring (bicyclic) bond motifs is 1. The Kier molecular flexibility index (Phi) is 4.09. The van der Waals surface area contributed by atoms with Crippen molar-refractivity contribution in [1.82, 2.24) is 19.9 Å². The lowest BCUT2D eigenvalue weighted by atomic mass is 9.81. The topological polar surface area (TPSA) is 79.5 Å². The standard InChI is InChI=1S/C14H15ClF2N4O2/c15-9-5-11-19-10(7-21(11)18-6-9)12(20-13(22)23)8-1-3-14(16,17)4-2-8/h5-8,12,20H,1-4H2,(H,22,23)/t12-/m0/s1. The molecular weight excluding hydrogens is 330 g/mol. The largest absolute Gasteiger partial charge is 0.465 e. The maximum atomic E-state index is 13.3. The highest BCUT2D eigenvalue weighted by Gasteiger charge is 2.39. The van der Waals surface area contributed by atoms with Crippen LogP contribution in [0.2, 0.25) is 5.02 Å². The van der Waals surface area contributed by atoms with E-state index in [1.54, 1.807) is 12.3 Å². The number of carbonyl (C=O) groups is 1. The van der Waals surface area contributed by atoms with Crippen LogP contribution in [0.3, 0.4) is 0 Å². The molecule has 0 bridgehead atoms. The Hall–Kier alpha value is -1.96. The van der Waals surface area contributed by atoms with Gasteiger partial charge in [-0.2, -0.15) is 5.10 Å². The van der Waals surface area contributed by atoms with Crippen molar-refractivity contribution in [2.75, 3.05) is 0 Å². The molecule has 1 saturated carbocycles. The van der Waals surface area contributed by atoms with E-state index in [1.807, 2.05) is 0 Å². The molecule has 124 valence electrons. The molecule has 0 aromatic carbocycles. The number of carboxylic acid groups (broad SMARTS) is 1. The minimum Gasteiger partial charge on any atom is -0.465 e. The van der Waals surface area contributed by atoms with Crippen molar-refractivity contribution in [1.29, 1.82) is 0 Å². The van der Waals surface area contributed by atoms with Crippen LogP contribution in [0.1, 0.15) is 37.4 Å². The van der Waals surface area contributed by atoms with E-state index in [9.17, 15) is 13.6 Å². The van der Waals surface area contributed by atoms with Crippen molar-refractivity contribution < 1.29 is 18.7 Å². The Balaban J connectivity index is 1.89. The third kappa shape index (κ3) is 3.52. The quantitative estimate of drug-likeness (QED) is 0.892. The van der Waals surface area contributed by atoms with Gasteiger partial charge in [0.25, 0.3) is 0 Å². The molecule has 3 rings (SSSR count). The second kappa shape index (κ2) is 5.92. The number of halogens is 3. The molecule has 1 aliphatic carbocycles. The Morgan fingerprint density at radius 2 is 2.17 bits per heavy atom. The molecule has 1 amide bonds. The molecule has 9 heteroatoms. The molecule has 1 atom stereocenters. The number of nitrogens with one attached hydrogen (secondary N) is 1. The average Bonchev–Trinajstić information content (AvgIpc) is 2.87. The molecule has 23 heavy (non-hydrogen) atoms. The van der Waals surface area contributed by atoms with Crippen molar-refractivity contribution in [3.63, 3.8) is 0 Å². The summed E-state index contributed by atoms with van der Waals surface area (Å²) in [5.41, 5.74) is 0.934.